The van der Waals surface area contributed by atoms with Crippen molar-refractivity contribution < 1.29 is 4.39 Å². The molecule has 2 N–H and O–H groups in total. The lowest BCUT2D eigenvalue weighted by Gasteiger charge is -2.03. The summed E-state index contributed by atoms with van der Waals surface area (Å²) in [5.41, 5.74) is 8.31. The fourth-order valence-electron chi connectivity index (χ4n) is 1.83. The predicted molar refractivity (Wildman–Crippen MR) is 69.3 cm³/mol. The van der Waals surface area contributed by atoms with Crippen molar-refractivity contribution in [2.45, 2.75) is 0 Å². The fourth-order valence-corrected chi connectivity index (χ4v) is 1.83. The number of aromatic nitrogens is 2. The largest absolute Gasteiger partial charge is 0.397 e. The summed E-state index contributed by atoms with van der Waals surface area (Å²) in [6, 6.07) is 10.1. The Morgan fingerprint density at radius 1 is 1.00 bits per heavy atom. The van der Waals surface area contributed by atoms with Crippen LogP contribution in [0.4, 0.5) is 10.1 Å². The third kappa shape index (κ3) is 1.78. The maximum atomic E-state index is 13.7. The van der Waals surface area contributed by atoms with Crippen molar-refractivity contribution in [1.82, 2.24) is 9.97 Å². The van der Waals surface area contributed by atoms with Crippen molar-refractivity contribution in [2.75, 3.05) is 5.73 Å². The number of halogens is 1. The molecular weight excluding hydrogens is 229 g/mol. The number of hydrogen-bond acceptors (Lipinski definition) is 3. The summed E-state index contributed by atoms with van der Waals surface area (Å²) in [5, 5.41) is 0.494. The van der Waals surface area contributed by atoms with Crippen LogP contribution in [0.1, 0.15) is 0 Å². The molecule has 0 radical (unpaired) electrons. The predicted octanol–water partition coefficient (Wildman–Crippen LogP) is 3.02. The topological polar surface area (TPSA) is 51.8 Å². The Morgan fingerprint density at radius 3 is 2.67 bits per heavy atom. The molecule has 0 saturated heterocycles. The van der Waals surface area contributed by atoms with Crippen molar-refractivity contribution in [3.63, 3.8) is 0 Å². The average molecular weight is 239 g/mol. The molecule has 3 nitrogen and oxygen atoms in total. The first-order chi connectivity index (χ1) is 8.74. The second-order valence-corrected chi connectivity index (χ2v) is 4.01. The zero-order chi connectivity index (χ0) is 12.5. The van der Waals surface area contributed by atoms with Gasteiger partial charge in [-0.3, -0.25) is 9.97 Å². The van der Waals surface area contributed by atoms with E-state index in [9.17, 15) is 4.39 Å². The fraction of sp³-hybridized carbons (Fsp3) is 0. The summed E-state index contributed by atoms with van der Waals surface area (Å²) in [6.07, 6.45) is 3.25. The molecule has 3 aromatic rings. The van der Waals surface area contributed by atoms with Crippen molar-refractivity contribution in [3.05, 3.63) is 54.6 Å². The van der Waals surface area contributed by atoms with Gasteiger partial charge in [-0.2, -0.15) is 0 Å². The maximum absolute atomic E-state index is 13.7. The van der Waals surface area contributed by atoms with Gasteiger partial charge in [0.1, 0.15) is 5.82 Å². The van der Waals surface area contributed by atoms with Gasteiger partial charge in [-0.1, -0.05) is 6.07 Å². The van der Waals surface area contributed by atoms with Crippen molar-refractivity contribution in [2.24, 2.45) is 0 Å². The van der Waals surface area contributed by atoms with Gasteiger partial charge in [0.25, 0.3) is 0 Å². The molecule has 0 fully saturated rings. The Hall–Kier alpha value is -2.49. The summed E-state index contributed by atoms with van der Waals surface area (Å²) in [6.45, 7) is 0. The first kappa shape index (κ1) is 10.7. The zero-order valence-electron chi connectivity index (χ0n) is 9.47. The lowest BCUT2D eigenvalue weighted by Crippen LogP contribution is -1.90. The van der Waals surface area contributed by atoms with Gasteiger partial charge in [-0.25, -0.2) is 4.39 Å². The number of fused-ring (bicyclic) bond motifs is 1. The van der Waals surface area contributed by atoms with Gasteiger partial charge in [-0.05, 0) is 30.3 Å². The molecule has 0 aliphatic heterocycles. The highest BCUT2D eigenvalue weighted by atomic mass is 19.1. The van der Waals surface area contributed by atoms with Crippen LogP contribution in [-0.4, -0.2) is 9.97 Å². The number of anilines is 1. The molecule has 0 saturated carbocycles. The highest BCUT2D eigenvalue weighted by Gasteiger charge is 2.05. The van der Waals surface area contributed by atoms with Crippen LogP contribution in [0.2, 0.25) is 0 Å². The van der Waals surface area contributed by atoms with Gasteiger partial charge in [0.2, 0.25) is 0 Å². The van der Waals surface area contributed by atoms with Gasteiger partial charge in [0, 0.05) is 17.1 Å². The quantitative estimate of drug-likeness (QED) is 0.710. The molecule has 0 spiro atoms. The molecule has 0 unspecified atom stereocenters. The first-order valence-corrected chi connectivity index (χ1v) is 5.50. The lowest BCUT2D eigenvalue weighted by atomic mass is 10.1. The Kier molecular flexibility index (Phi) is 2.41. The van der Waals surface area contributed by atoms with E-state index in [0.717, 1.165) is 11.3 Å². The van der Waals surface area contributed by atoms with E-state index in [1.807, 2.05) is 0 Å². The molecule has 4 heteroatoms. The lowest BCUT2D eigenvalue weighted by molar-refractivity contribution is 0.639. The second kappa shape index (κ2) is 4.07. The van der Waals surface area contributed by atoms with E-state index in [-0.39, 0.29) is 5.82 Å². The maximum Gasteiger partial charge on any atom is 0.132 e. The number of hydrogen-bond donors (Lipinski definition) is 1. The van der Waals surface area contributed by atoms with E-state index >= 15 is 0 Å². The van der Waals surface area contributed by atoms with Crippen molar-refractivity contribution in [3.8, 4) is 11.3 Å². The number of pyridine rings is 2. The van der Waals surface area contributed by atoms with Gasteiger partial charge >= 0.3 is 0 Å². The highest BCUT2D eigenvalue weighted by molar-refractivity contribution is 5.83. The smallest absolute Gasteiger partial charge is 0.132 e. The monoisotopic (exact) mass is 239 g/mol. The second-order valence-electron chi connectivity index (χ2n) is 4.01. The Bertz CT molecular complexity index is 708. The normalized spacial score (nSPS) is 10.7. The molecule has 88 valence electrons. The van der Waals surface area contributed by atoms with Crippen LogP contribution >= 0.6 is 0 Å². The number of nitrogen functional groups attached to an aromatic ring is 1. The molecule has 3 rings (SSSR count). The van der Waals surface area contributed by atoms with Crippen LogP contribution in [0.25, 0.3) is 22.2 Å². The van der Waals surface area contributed by atoms with E-state index in [2.05, 4.69) is 9.97 Å². The molecule has 2 aromatic heterocycles. The van der Waals surface area contributed by atoms with E-state index in [1.165, 1.54) is 6.07 Å². The highest BCUT2D eigenvalue weighted by Crippen LogP contribution is 2.23. The Balaban J connectivity index is 2.18. The number of benzene rings is 1. The summed E-state index contributed by atoms with van der Waals surface area (Å²) in [5.74, 6) is -0.280. The molecule has 1 aromatic carbocycles. The minimum atomic E-state index is -0.280. The molecule has 0 aliphatic carbocycles. The number of nitrogens with zero attached hydrogens (tertiary/aromatic N) is 2. The van der Waals surface area contributed by atoms with Gasteiger partial charge in [-0.15, -0.1) is 0 Å². The van der Waals surface area contributed by atoms with Gasteiger partial charge in [0.05, 0.1) is 23.1 Å². The van der Waals surface area contributed by atoms with E-state index in [1.54, 1.807) is 42.7 Å². The summed E-state index contributed by atoms with van der Waals surface area (Å²) in [4.78, 5) is 8.43. The van der Waals surface area contributed by atoms with Gasteiger partial charge in [0.15, 0.2) is 0 Å². The molecular formula is C14H10FN3. The average Bonchev–Trinajstić information content (AvgIpc) is 2.40. The van der Waals surface area contributed by atoms with Crippen LogP contribution in [-0.2, 0) is 0 Å². The first-order valence-electron chi connectivity index (χ1n) is 5.50. The number of rotatable bonds is 1. The molecule has 0 amide bonds. The third-order valence-corrected chi connectivity index (χ3v) is 2.75. The van der Waals surface area contributed by atoms with E-state index in [4.69, 9.17) is 5.73 Å². The summed E-state index contributed by atoms with van der Waals surface area (Å²) in [7, 11) is 0. The van der Waals surface area contributed by atoms with Crippen LogP contribution in [0.3, 0.4) is 0 Å². The molecule has 0 bridgehead atoms. The minimum absolute atomic E-state index is 0.280. The van der Waals surface area contributed by atoms with Crippen LogP contribution in [0, 0.1) is 5.82 Å². The van der Waals surface area contributed by atoms with E-state index < -0.39 is 0 Å². The molecule has 2 heterocycles. The van der Waals surface area contributed by atoms with E-state index in [0.29, 0.717) is 16.6 Å². The molecule has 18 heavy (non-hydrogen) atoms. The van der Waals surface area contributed by atoms with Gasteiger partial charge < -0.3 is 5.73 Å². The van der Waals surface area contributed by atoms with Crippen molar-refractivity contribution >= 4 is 16.6 Å². The summed E-state index contributed by atoms with van der Waals surface area (Å²) < 4.78 is 13.7. The Labute approximate surface area is 103 Å². The zero-order valence-corrected chi connectivity index (χ0v) is 9.47. The summed E-state index contributed by atoms with van der Waals surface area (Å²) >= 11 is 0. The molecule has 0 atom stereocenters. The minimum Gasteiger partial charge on any atom is -0.397 e. The standard InChI is InChI=1S/C14H10FN3/c15-12-2-1-3-14-11(12)6-9(7-17-14)13-5-4-10(16)8-18-13/h1-8H,16H2. The number of nitrogens with two attached hydrogens (primary N) is 1. The molecule has 0 aliphatic rings. The third-order valence-electron chi connectivity index (χ3n) is 2.75. The SMILES string of the molecule is Nc1ccc(-c2cnc3cccc(F)c3c2)nc1. The van der Waals surface area contributed by atoms with Crippen LogP contribution in [0.15, 0.2) is 48.8 Å². The Morgan fingerprint density at radius 2 is 1.89 bits per heavy atom. The van der Waals surface area contributed by atoms with Crippen LogP contribution in [0.5, 0.6) is 0 Å². The van der Waals surface area contributed by atoms with Crippen molar-refractivity contribution in [1.29, 1.82) is 0 Å². The van der Waals surface area contributed by atoms with Crippen LogP contribution < -0.4 is 5.73 Å².